The quantitative estimate of drug-likeness (QED) is 0.727. The molecule has 1 aromatic rings. The maximum atomic E-state index is 2.35. The molecule has 0 aliphatic carbocycles. The van der Waals surface area contributed by atoms with Gasteiger partial charge in [-0.05, 0) is 29.0 Å². The van der Waals surface area contributed by atoms with E-state index >= 15 is 0 Å². The van der Waals surface area contributed by atoms with Gasteiger partial charge >= 0.3 is 0 Å². The number of nitrogens with zero attached hydrogens (tertiary/aromatic N) is 2. The Labute approximate surface area is 117 Å². The smallest absolute Gasteiger partial charge is 0.0890 e. The molecule has 0 radical (unpaired) electrons. The third-order valence-electron chi connectivity index (χ3n) is 4.16. The number of allylic oxidation sites excluding steroid dienone is 2. The van der Waals surface area contributed by atoms with Crippen LogP contribution >= 0.6 is 0 Å². The van der Waals surface area contributed by atoms with E-state index in [1.54, 1.807) is 0 Å². The molecule has 0 N–H and O–H groups in total. The van der Waals surface area contributed by atoms with Gasteiger partial charge in [-0.25, -0.2) is 0 Å². The van der Waals surface area contributed by atoms with E-state index in [9.17, 15) is 0 Å². The van der Waals surface area contributed by atoms with Crippen LogP contribution in [0, 0.1) is 10.8 Å². The third kappa shape index (κ3) is 2.03. The van der Waals surface area contributed by atoms with Crippen LogP contribution in [-0.2, 0) is 0 Å². The van der Waals surface area contributed by atoms with Gasteiger partial charge in [0, 0.05) is 18.6 Å². The largest absolute Gasteiger partial charge is 0.278 e. The molecule has 2 heteroatoms. The summed E-state index contributed by atoms with van der Waals surface area (Å²) in [5.74, 6) is 0. The van der Waals surface area contributed by atoms with E-state index in [0.29, 0.717) is 0 Å². The fourth-order valence-corrected chi connectivity index (χ4v) is 3.56. The summed E-state index contributed by atoms with van der Waals surface area (Å²) in [5, 5.41) is 2.35. The van der Waals surface area contributed by atoms with Crippen LogP contribution in [0.4, 0.5) is 0 Å². The summed E-state index contributed by atoms with van der Waals surface area (Å²) in [6.07, 6.45) is 13.0. The minimum Gasteiger partial charge on any atom is -0.278 e. The molecule has 19 heavy (non-hydrogen) atoms. The molecular formula is C17H26N2. The molecule has 104 valence electrons. The van der Waals surface area contributed by atoms with Crippen molar-refractivity contribution in [2.24, 2.45) is 10.8 Å². The minimum atomic E-state index is -0.0756. The molecule has 0 atom stereocenters. The standard InChI is InChI=1S/C17H26N2/c1-15(2,3)17(16(4,5)6)11-7-8-14-19(17)18-12-9-10-13-18/h7-14H,1-6H3. The van der Waals surface area contributed by atoms with Crippen LogP contribution in [0.25, 0.3) is 0 Å². The van der Waals surface area contributed by atoms with Gasteiger partial charge in [0.25, 0.3) is 0 Å². The van der Waals surface area contributed by atoms with Gasteiger partial charge in [-0.2, -0.15) is 0 Å². The lowest BCUT2D eigenvalue weighted by atomic mass is 9.59. The van der Waals surface area contributed by atoms with Gasteiger partial charge in [0.05, 0.1) is 5.54 Å². The first-order valence-corrected chi connectivity index (χ1v) is 6.99. The minimum absolute atomic E-state index is 0.0756. The zero-order valence-electron chi connectivity index (χ0n) is 13.0. The average Bonchev–Trinajstić information content (AvgIpc) is 2.79. The predicted octanol–water partition coefficient (Wildman–Crippen LogP) is 4.34. The van der Waals surface area contributed by atoms with Crippen molar-refractivity contribution in [1.82, 2.24) is 4.68 Å². The highest BCUT2D eigenvalue weighted by atomic mass is 15.6. The van der Waals surface area contributed by atoms with Crippen LogP contribution in [0.3, 0.4) is 0 Å². The van der Waals surface area contributed by atoms with Crippen molar-refractivity contribution in [3.05, 3.63) is 49.0 Å². The Morgan fingerprint density at radius 2 is 1.32 bits per heavy atom. The topological polar surface area (TPSA) is 8.17 Å². The molecule has 1 aliphatic heterocycles. The number of hydrogen-bond donors (Lipinski definition) is 0. The van der Waals surface area contributed by atoms with E-state index in [1.807, 2.05) is 0 Å². The maximum absolute atomic E-state index is 2.35. The summed E-state index contributed by atoms with van der Waals surface area (Å²) in [4.78, 5) is 0. The van der Waals surface area contributed by atoms with Gasteiger partial charge in [0.15, 0.2) is 0 Å². The second-order valence-corrected chi connectivity index (χ2v) is 7.37. The van der Waals surface area contributed by atoms with E-state index in [-0.39, 0.29) is 16.4 Å². The molecule has 0 aromatic carbocycles. The highest BCUT2D eigenvalue weighted by Gasteiger charge is 2.53. The van der Waals surface area contributed by atoms with Gasteiger partial charge in [-0.15, -0.1) is 0 Å². The van der Waals surface area contributed by atoms with E-state index in [0.717, 1.165) is 0 Å². The molecule has 1 aromatic heterocycles. The first-order chi connectivity index (χ1) is 8.70. The van der Waals surface area contributed by atoms with Crippen molar-refractivity contribution in [2.75, 3.05) is 5.01 Å². The Morgan fingerprint density at radius 1 is 0.789 bits per heavy atom. The number of hydrogen-bond acceptors (Lipinski definition) is 1. The van der Waals surface area contributed by atoms with Crippen molar-refractivity contribution >= 4 is 0 Å². The van der Waals surface area contributed by atoms with Crippen LogP contribution in [-0.4, -0.2) is 10.2 Å². The zero-order chi connectivity index (χ0) is 14.3. The van der Waals surface area contributed by atoms with Crippen LogP contribution in [0.2, 0.25) is 0 Å². The molecule has 0 saturated heterocycles. The Bertz CT molecular complexity index is 464. The van der Waals surface area contributed by atoms with E-state index < -0.39 is 0 Å². The lowest BCUT2D eigenvalue weighted by molar-refractivity contribution is 0.0828. The molecule has 2 nitrogen and oxygen atoms in total. The van der Waals surface area contributed by atoms with E-state index in [4.69, 9.17) is 0 Å². The maximum Gasteiger partial charge on any atom is 0.0890 e. The molecule has 1 aliphatic rings. The normalized spacial score (nSPS) is 18.9. The van der Waals surface area contributed by atoms with Crippen LogP contribution in [0.15, 0.2) is 49.0 Å². The molecule has 0 fully saturated rings. The van der Waals surface area contributed by atoms with Crippen LogP contribution in [0.5, 0.6) is 0 Å². The Balaban J connectivity index is 2.64. The number of aromatic nitrogens is 1. The van der Waals surface area contributed by atoms with Crippen LogP contribution in [0.1, 0.15) is 41.5 Å². The van der Waals surface area contributed by atoms with Crippen molar-refractivity contribution in [3.8, 4) is 0 Å². The van der Waals surface area contributed by atoms with Gasteiger partial charge in [0.1, 0.15) is 0 Å². The van der Waals surface area contributed by atoms with Crippen molar-refractivity contribution in [2.45, 2.75) is 47.1 Å². The summed E-state index contributed by atoms with van der Waals surface area (Å²) in [6.45, 7) is 13.9. The first-order valence-electron chi connectivity index (χ1n) is 6.99. The second-order valence-electron chi connectivity index (χ2n) is 7.37. The lowest BCUT2D eigenvalue weighted by Gasteiger charge is -2.58. The molecule has 0 bridgehead atoms. The van der Waals surface area contributed by atoms with Crippen molar-refractivity contribution in [3.63, 3.8) is 0 Å². The fourth-order valence-electron chi connectivity index (χ4n) is 3.56. The predicted molar refractivity (Wildman–Crippen MR) is 82.6 cm³/mol. The average molecular weight is 258 g/mol. The summed E-state index contributed by atoms with van der Waals surface area (Å²) in [5.41, 5.74) is 0.140. The first kappa shape index (κ1) is 14.0. The van der Waals surface area contributed by atoms with Crippen molar-refractivity contribution in [1.29, 1.82) is 0 Å². The van der Waals surface area contributed by atoms with Crippen LogP contribution < -0.4 is 5.01 Å². The molecule has 0 saturated carbocycles. The van der Waals surface area contributed by atoms with E-state index in [2.05, 4.69) is 100 Å². The monoisotopic (exact) mass is 258 g/mol. The molecule has 0 unspecified atom stereocenters. The Kier molecular flexibility index (Phi) is 3.16. The fraction of sp³-hybridized carbons (Fsp3) is 0.529. The summed E-state index contributed by atoms with van der Waals surface area (Å²) >= 11 is 0. The summed E-state index contributed by atoms with van der Waals surface area (Å²) in [7, 11) is 0. The van der Waals surface area contributed by atoms with Gasteiger partial charge < -0.3 is 0 Å². The molecule has 2 heterocycles. The molecule has 2 rings (SSSR count). The van der Waals surface area contributed by atoms with Gasteiger partial charge in [-0.1, -0.05) is 53.7 Å². The zero-order valence-corrected chi connectivity index (χ0v) is 13.0. The Morgan fingerprint density at radius 3 is 1.79 bits per heavy atom. The highest BCUT2D eigenvalue weighted by molar-refractivity contribution is 5.37. The van der Waals surface area contributed by atoms with Gasteiger partial charge in [-0.3, -0.25) is 9.69 Å². The lowest BCUT2D eigenvalue weighted by Crippen LogP contribution is -2.65. The molecule has 0 spiro atoms. The SMILES string of the molecule is CC(C)(C)C1(C(C)(C)C)C=CC=CN1n1cccc1. The second kappa shape index (κ2) is 4.29. The van der Waals surface area contributed by atoms with Gasteiger partial charge in [0.2, 0.25) is 0 Å². The van der Waals surface area contributed by atoms with Crippen molar-refractivity contribution < 1.29 is 0 Å². The molecule has 0 amide bonds. The molecular weight excluding hydrogens is 232 g/mol. The third-order valence-corrected chi connectivity index (χ3v) is 4.16. The Hall–Kier alpha value is -1.44. The number of rotatable bonds is 1. The summed E-state index contributed by atoms with van der Waals surface area (Å²) < 4.78 is 2.18. The highest BCUT2D eigenvalue weighted by Crippen LogP contribution is 2.49. The summed E-state index contributed by atoms with van der Waals surface area (Å²) in [6, 6.07) is 4.14. The van der Waals surface area contributed by atoms with E-state index in [1.165, 1.54) is 0 Å².